The Morgan fingerprint density at radius 1 is 1.42 bits per heavy atom. The van der Waals surface area contributed by atoms with Gasteiger partial charge >= 0.3 is 0 Å². The summed E-state index contributed by atoms with van der Waals surface area (Å²) in [7, 11) is 0. The van der Waals surface area contributed by atoms with Crippen LogP contribution in [0.5, 0.6) is 0 Å². The van der Waals surface area contributed by atoms with Crippen molar-refractivity contribution in [1.82, 2.24) is 4.90 Å². The maximum atomic E-state index is 12.7. The summed E-state index contributed by atoms with van der Waals surface area (Å²) in [5, 5.41) is 0. The normalized spacial score (nSPS) is 15.7. The summed E-state index contributed by atoms with van der Waals surface area (Å²) in [6, 6.07) is 6.21. The number of carbonyl (C=O) groups excluding carboxylic acids is 1. The molecule has 0 N–H and O–H groups in total. The first-order chi connectivity index (χ1) is 9.13. The molecule has 0 bridgehead atoms. The largest absolute Gasteiger partial charge is 0.334 e. The minimum Gasteiger partial charge on any atom is -0.334 e. The number of alkyl halides is 1. The van der Waals surface area contributed by atoms with Gasteiger partial charge in [-0.3, -0.25) is 4.79 Å². The summed E-state index contributed by atoms with van der Waals surface area (Å²) in [4.78, 5) is 14.7. The lowest BCUT2D eigenvalue weighted by Crippen LogP contribution is -2.40. The van der Waals surface area contributed by atoms with Gasteiger partial charge in [0, 0.05) is 26.5 Å². The topological polar surface area (TPSA) is 20.3 Å². The highest BCUT2D eigenvalue weighted by atomic mass is 127. The Morgan fingerprint density at radius 2 is 2.11 bits per heavy atom. The van der Waals surface area contributed by atoms with Crippen molar-refractivity contribution in [2.75, 3.05) is 12.4 Å². The third-order valence-electron chi connectivity index (χ3n) is 3.51. The van der Waals surface area contributed by atoms with Gasteiger partial charge in [-0.05, 0) is 69.6 Å². The minimum atomic E-state index is 0.0953. The molecular weight excluding hydrogens is 440 g/mol. The van der Waals surface area contributed by atoms with Crippen LogP contribution in [0.25, 0.3) is 0 Å². The third-order valence-corrected chi connectivity index (χ3v) is 5.04. The first kappa shape index (κ1) is 15.6. The highest BCUT2D eigenvalue weighted by molar-refractivity contribution is 14.1. The van der Waals surface area contributed by atoms with E-state index in [0.717, 1.165) is 26.4 Å². The van der Waals surface area contributed by atoms with Crippen molar-refractivity contribution in [2.24, 2.45) is 0 Å². The minimum absolute atomic E-state index is 0.0953. The van der Waals surface area contributed by atoms with Gasteiger partial charge in [0.25, 0.3) is 5.91 Å². The van der Waals surface area contributed by atoms with Crippen molar-refractivity contribution in [3.63, 3.8) is 0 Å². The first-order valence-corrected chi connectivity index (χ1v) is 8.86. The third kappa shape index (κ3) is 3.85. The number of amides is 1. The molecule has 5 heteroatoms. The fourth-order valence-corrected chi connectivity index (χ4v) is 3.66. The van der Waals surface area contributed by atoms with E-state index in [1.54, 1.807) is 0 Å². The zero-order chi connectivity index (χ0) is 13.8. The lowest BCUT2D eigenvalue weighted by Gasteiger charge is -2.28. The summed E-state index contributed by atoms with van der Waals surface area (Å²) in [5.41, 5.74) is 0.740. The molecule has 0 saturated heterocycles. The number of benzene rings is 1. The molecular formula is C14H16BrClINO. The molecule has 1 aliphatic carbocycles. The Labute approximate surface area is 141 Å². The molecule has 0 unspecified atom stereocenters. The van der Waals surface area contributed by atoms with Gasteiger partial charge in [-0.25, -0.2) is 0 Å². The van der Waals surface area contributed by atoms with Gasteiger partial charge in [0.2, 0.25) is 0 Å². The van der Waals surface area contributed by atoms with Gasteiger partial charge in [0.1, 0.15) is 0 Å². The highest BCUT2D eigenvalue weighted by Crippen LogP contribution is 2.27. The Bertz CT molecular complexity index is 463. The van der Waals surface area contributed by atoms with Crippen LogP contribution in [0.1, 0.15) is 36.0 Å². The van der Waals surface area contributed by atoms with E-state index in [2.05, 4.69) is 38.5 Å². The van der Waals surface area contributed by atoms with Crippen molar-refractivity contribution in [1.29, 1.82) is 0 Å². The van der Waals surface area contributed by atoms with Crippen molar-refractivity contribution >= 4 is 56.0 Å². The van der Waals surface area contributed by atoms with Crippen molar-refractivity contribution < 1.29 is 4.79 Å². The summed E-state index contributed by atoms with van der Waals surface area (Å²) >= 11 is 11.6. The predicted molar refractivity (Wildman–Crippen MR) is 90.9 cm³/mol. The summed E-state index contributed by atoms with van der Waals surface area (Å²) < 4.78 is 1.93. The van der Waals surface area contributed by atoms with E-state index in [9.17, 15) is 4.79 Å². The number of nitrogens with zero attached hydrogens (tertiary/aromatic N) is 1. The molecule has 1 aromatic carbocycles. The molecule has 0 aliphatic heterocycles. The molecule has 1 saturated carbocycles. The molecule has 0 radical (unpaired) electrons. The molecule has 19 heavy (non-hydrogen) atoms. The standard InChI is InChI=1S/C14H16BrClINO/c15-13-6-5-10(17)9-12(13)14(19)18(8-7-16)11-3-1-2-4-11/h5-6,9,11H,1-4,7-8H2. The average Bonchev–Trinajstić information content (AvgIpc) is 2.92. The van der Waals surface area contributed by atoms with E-state index in [1.165, 1.54) is 12.8 Å². The summed E-state index contributed by atoms with van der Waals surface area (Å²) in [6.07, 6.45) is 4.63. The quantitative estimate of drug-likeness (QED) is 0.476. The van der Waals surface area contributed by atoms with Crippen LogP contribution in [0.15, 0.2) is 22.7 Å². The molecule has 0 aromatic heterocycles. The van der Waals surface area contributed by atoms with E-state index in [4.69, 9.17) is 11.6 Å². The second-order valence-corrected chi connectivity index (χ2v) is 7.23. The maximum Gasteiger partial charge on any atom is 0.255 e. The predicted octanol–water partition coefficient (Wildman–Crippen LogP) is 4.68. The van der Waals surface area contributed by atoms with E-state index >= 15 is 0 Å². The second kappa shape index (κ2) is 7.27. The number of halogens is 3. The van der Waals surface area contributed by atoms with Crippen LogP contribution < -0.4 is 0 Å². The molecule has 1 aromatic rings. The SMILES string of the molecule is O=C(c1cc(I)ccc1Br)N(CCCl)C1CCCC1. The number of hydrogen-bond acceptors (Lipinski definition) is 1. The highest BCUT2D eigenvalue weighted by Gasteiger charge is 2.27. The van der Waals surface area contributed by atoms with Crippen LogP contribution in [0, 0.1) is 3.57 Å². The summed E-state index contributed by atoms with van der Waals surface area (Å²) in [5.74, 6) is 0.585. The van der Waals surface area contributed by atoms with Gasteiger partial charge in [-0.2, -0.15) is 0 Å². The van der Waals surface area contributed by atoms with Crippen molar-refractivity contribution in [3.05, 3.63) is 31.8 Å². The molecule has 2 nitrogen and oxygen atoms in total. The maximum absolute atomic E-state index is 12.7. The molecule has 1 amide bonds. The van der Waals surface area contributed by atoms with Crippen LogP contribution in [0.3, 0.4) is 0 Å². The van der Waals surface area contributed by atoms with E-state index in [0.29, 0.717) is 18.5 Å². The van der Waals surface area contributed by atoms with Crippen LogP contribution in [-0.2, 0) is 0 Å². The zero-order valence-corrected chi connectivity index (χ0v) is 15.0. The Hall–Kier alpha value is 0.190. The van der Waals surface area contributed by atoms with Gasteiger partial charge in [0.05, 0.1) is 5.56 Å². The van der Waals surface area contributed by atoms with E-state index in [-0.39, 0.29) is 5.91 Å². The van der Waals surface area contributed by atoms with Crippen LogP contribution in [0.2, 0.25) is 0 Å². The fraction of sp³-hybridized carbons (Fsp3) is 0.500. The van der Waals surface area contributed by atoms with Gasteiger partial charge in [0.15, 0.2) is 0 Å². The van der Waals surface area contributed by atoms with E-state index in [1.807, 2.05) is 23.1 Å². The van der Waals surface area contributed by atoms with Crippen LogP contribution in [-0.4, -0.2) is 29.3 Å². The van der Waals surface area contributed by atoms with E-state index < -0.39 is 0 Å². The molecule has 2 rings (SSSR count). The molecule has 0 heterocycles. The van der Waals surface area contributed by atoms with Gasteiger partial charge in [-0.15, -0.1) is 11.6 Å². The fourth-order valence-electron chi connectivity index (χ4n) is 2.57. The summed E-state index contributed by atoms with van der Waals surface area (Å²) in [6.45, 7) is 0.628. The van der Waals surface area contributed by atoms with Gasteiger partial charge in [-0.1, -0.05) is 12.8 Å². The number of hydrogen-bond donors (Lipinski definition) is 0. The number of rotatable bonds is 4. The lowest BCUT2D eigenvalue weighted by atomic mass is 10.1. The lowest BCUT2D eigenvalue weighted by molar-refractivity contribution is 0.0694. The Balaban J connectivity index is 2.25. The van der Waals surface area contributed by atoms with Crippen LogP contribution >= 0.6 is 50.1 Å². The average molecular weight is 457 g/mol. The molecule has 1 aliphatic rings. The molecule has 0 spiro atoms. The molecule has 1 fully saturated rings. The zero-order valence-electron chi connectivity index (χ0n) is 10.5. The Kier molecular flexibility index (Phi) is 5.96. The molecule has 104 valence electrons. The first-order valence-electron chi connectivity index (χ1n) is 6.45. The van der Waals surface area contributed by atoms with Crippen molar-refractivity contribution in [3.8, 4) is 0 Å². The van der Waals surface area contributed by atoms with Crippen LogP contribution in [0.4, 0.5) is 0 Å². The van der Waals surface area contributed by atoms with Crippen molar-refractivity contribution in [2.45, 2.75) is 31.7 Å². The smallest absolute Gasteiger partial charge is 0.255 e. The van der Waals surface area contributed by atoms with Gasteiger partial charge < -0.3 is 4.90 Å². The monoisotopic (exact) mass is 455 g/mol. The molecule has 0 atom stereocenters. The Morgan fingerprint density at radius 3 is 2.74 bits per heavy atom. The number of carbonyl (C=O) groups is 1. The second-order valence-electron chi connectivity index (χ2n) is 4.75.